The first kappa shape index (κ1) is 20.2. The number of amides is 2. The lowest BCUT2D eigenvalue weighted by Crippen LogP contribution is -2.35. The molecule has 1 N–H and O–H groups in total. The second-order valence-electron chi connectivity index (χ2n) is 7.57. The Hall–Kier alpha value is -2.51. The fourth-order valence-corrected chi connectivity index (χ4v) is 3.59. The zero-order valence-electron chi connectivity index (χ0n) is 16.8. The van der Waals surface area contributed by atoms with Crippen molar-refractivity contribution in [1.82, 2.24) is 19.7 Å². The van der Waals surface area contributed by atoms with Crippen LogP contribution in [0.1, 0.15) is 28.4 Å². The molecule has 1 aliphatic rings. The number of aliphatic hydroxyl groups excluding tert-OH is 1. The molecule has 1 atom stereocenters. The number of nitrogens with zero attached hydrogens (tertiary/aromatic N) is 4. The maximum Gasteiger partial charge on any atom is 0.254 e. The third-order valence-electron chi connectivity index (χ3n) is 5.30. The summed E-state index contributed by atoms with van der Waals surface area (Å²) in [6.45, 7) is 2.21. The number of likely N-dealkylation sites (N-methyl/N-ethyl adjacent to an activating group) is 2. The van der Waals surface area contributed by atoms with Crippen LogP contribution in [0, 0.1) is 0 Å². The predicted octanol–water partition coefficient (Wildman–Crippen LogP) is 1.18. The summed E-state index contributed by atoms with van der Waals surface area (Å²) in [6.07, 6.45) is 0.909. The van der Waals surface area contributed by atoms with Gasteiger partial charge in [-0.3, -0.25) is 19.5 Å². The Kier molecular flexibility index (Phi) is 6.26. The monoisotopic (exact) mass is 384 g/mol. The van der Waals surface area contributed by atoms with E-state index in [0.717, 1.165) is 36.1 Å². The maximum atomic E-state index is 12.9. The Balaban J connectivity index is 1.88. The van der Waals surface area contributed by atoms with Crippen LogP contribution in [0.5, 0.6) is 0 Å². The third kappa shape index (κ3) is 4.31. The summed E-state index contributed by atoms with van der Waals surface area (Å²) in [5, 5.41) is 9.99. The average Bonchev–Trinajstić information content (AvgIpc) is 3.15. The van der Waals surface area contributed by atoms with Crippen LogP contribution in [-0.4, -0.2) is 90.5 Å². The molecular weight excluding hydrogens is 356 g/mol. The van der Waals surface area contributed by atoms with Gasteiger partial charge in [-0.05, 0) is 25.1 Å². The van der Waals surface area contributed by atoms with E-state index in [2.05, 4.69) is 4.90 Å². The number of aromatic nitrogens is 1. The minimum Gasteiger partial charge on any atom is -0.395 e. The van der Waals surface area contributed by atoms with Gasteiger partial charge < -0.3 is 14.9 Å². The van der Waals surface area contributed by atoms with Crippen LogP contribution in [-0.2, 0) is 4.79 Å². The molecule has 7 nitrogen and oxygen atoms in total. The molecule has 7 heteroatoms. The fourth-order valence-electron chi connectivity index (χ4n) is 3.59. The van der Waals surface area contributed by atoms with Crippen molar-refractivity contribution in [2.24, 2.45) is 0 Å². The first-order valence-corrected chi connectivity index (χ1v) is 9.59. The normalized spacial score (nSPS) is 17.1. The number of rotatable bonds is 6. The number of hydrogen-bond acceptors (Lipinski definition) is 5. The highest BCUT2D eigenvalue weighted by Gasteiger charge is 2.28. The molecule has 3 rings (SSSR count). The molecule has 0 radical (unpaired) electrons. The summed E-state index contributed by atoms with van der Waals surface area (Å²) in [5.41, 5.74) is 2.29. The summed E-state index contributed by atoms with van der Waals surface area (Å²) < 4.78 is 0. The maximum absolute atomic E-state index is 12.9. The van der Waals surface area contributed by atoms with Crippen LogP contribution < -0.4 is 0 Å². The van der Waals surface area contributed by atoms with Crippen molar-refractivity contribution in [3.63, 3.8) is 0 Å². The number of carbonyl (C=O) groups excluding carboxylic acids is 2. The highest BCUT2D eigenvalue weighted by Crippen LogP contribution is 2.29. The number of likely N-dealkylation sites (tertiary alicyclic amines) is 1. The van der Waals surface area contributed by atoms with Crippen LogP contribution in [0.25, 0.3) is 10.9 Å². The molecule has 1 saturated heterocycles. The second kappa shape index (κ2) is 8.67. The van der Waals surface area contributed by atoms with E-state index in [1.165, 1.54) is 4.90 Å². The number of benzene rings is 1. The molecule has 0 unspecified atom stereocenters. The quantitative estimate of drug-likeness (QED) is 0.809. The van der Waals surface area contributed by atoms with Crippen molar-refractivity contribution in [2.75, 3.05) is 53.9 Å². The molecule has 28 heavy (non-hydrogen) atoms. The Morgan fingerprint density at radius 1 is 1.25 bits per heavy atom. The molecule has 0 bridgehead atoms. The van der Waals surface area contributed by atoms with Crippen molar-refractivity contribution in [1.29, 1.82) is 0 Å². The van der Waals surface area contributed by atoms with Crippen LogP contribution in [0.15, 0.2) is 30.3 Å². The molecule has 150 valence electrons. The third-order valence-corrected chi connectivity index (χ3v) is 5.30. The molecule has 0 spiro atoms. The lowest BCUT2D eigenvalue weighted by atomic mass is 9.99. The number of hydrogen-bond donors (Lipinski definition) is 1. The number of carbonyl (C=O) groups is 2. The predicted molar refractivity (Wildman–Crippen MR) is 108 cm³/mol. The number of pyridine rings is 1. The standard InChI is InChI=1S/C21H28N4O3/c1-23(2)20(27)14-25-9-8-15(13-25)19-12-17(21(28)24(3)10-11-26)16-6-4-5-7-18(16)22-19/h4-7,12,15,26H,8-11,13-14H2,1-3H3/t15-/m1/s1. The van der Waals surface area contributed by atoms with Crippen LogP contribution in [0.3, 0.4) is 0 Å². The Morgan fingerprint density at radius 3 is 2.71 bits per heavy atom. The van der Waals surface area contributed by atoms with Gasteiger partial charge in [-0.25, -0.2) is 0 Å². The Labute approximate surface area is 165 Å². The zero-order chi connectivity index (χ0) is 20.3. The molecule has 2 amide bonds. The average molecular weight is 384 g/mol. The van der Waals surface area contributed by atoms with Crippen molar-refractivity contribution in [3.8, 4) is 0 Å². The summed E-state index contributed by atoms with van der Waals surface area (Å²) in [7, 11) is 5.22. The lowest BCUT2D eigenvalue weighted by Gasteiger charge is -2.20. The van der Waals surface area contributed by atoms with Crippen LogP contribution >= 0.6 is 0 Å². The van der Waals surface area contributed by atoms with E-state index in [1.54, 1.807) is 26.0 Å². The highest BCUT2D eigenvalue weighted by atomic mass is 16.3. The van der Waals surface area contributed by atoms with Crippen molar-refractivity contribution < 1.29 is 14.7 Å². The van der Waals surface area contributed by atoms with Gasteiger partial charge in [0, 0.05) is 51.2 Å². The minimum atomic E-state index is -0.119. The number of para-hydroxylation sites is 1. The van der Waals surface area contributed by atoms with Gasteiger partial charge >= 0.3 is 0 Å². The van der Waals surface area contributed by atoms with E-state index in [9.17, 15) is 14.7 Å². The fraction of sp³-hybridized carbons (Fsp3) is 0.476. The summed E-state index contributed by atoms with van der Waals surface area (Å²) in [5.74, 6) is 0.162. The van der Waals surface area contributed by atoms with Gasteiger partial charge in [-0.15, -0.1) is 0 Å². The first-order valence-electron chi connectivity index (χ1n) is 9.59. The van der Waals surface area contributed by atoms with Gasteiger partial charge in [0.15, 0.2) is 0 Å². The largest absolute Gasteiger partial charge is 0.395 e. The SMILES string of the molecule is CN(C)C(=O)CN1CC[C@@H](c2cc(C(=O)N(C)CCO)c3ccccc3n2)C1. The molecule has 0 aliphatic carbocycles. The van der Waals surface area contributed by atoms with E-state index in [1.807, 2.05) is 30.3 Å². The second-order valence-corrected chi connectivity index (χ2v) is 7.57. The molecule has 1 aromatic carbocycles. The van der Waals surface area contributed by atoms with Gasteiger partial charge in [-0.1, -0.05) is 18.2 Å². The molecular formula is C21H28N4O3. The van der Waals surface area contributed by atoms with Gasteiger partial charge in [0.1, 0.15) is 0 Å². The van der Waals surface area contributed by atoms with Crippen molar-refractivity contribution >= 4 is 22.7 Å². The molecule has 0 saturated carbocycles. The van der Waals surface area contributed by atoms with Gasteiger partial charge in [0.05, 0.1) is 24.2 Å². The molecule has 2 aromatic rings. The molecule has 1 fully saturated rings. The van der Waals surface area contributed by atoms with E-state index in [-0.39, 0.29) is 30.9 Å². The molecule has 2 heterocycles. The highest BCUT2D eigenvalue weighted by molar-refractivity contribution is 6.06. The van der Waals surface area contributed by atoms with E-state index >= 15 is 0 Å². The van der Waals surface area contributed by atoms with Gasteiger partial charge in [0.2, 0.25) is 5.91 Å². The molecule has 1 aliphatic heterocycles. The topological polar surface area (TPSA) is 77.0 Å². The van der Waals surface area contributed by atoms with Crippen LogP contribution in [0.4, 0.5) is 0 Å². The van der Waals surface area contributed by atoms with E-state index < -0.39 is 0 Å². The van der Waals surface area contributed by atoms with Gasteiger partial charge in [0.25, 0.3) is 5.91 Å². The van der Waals surface area contributed by atoms with Crippen LogP contribution in [0.2, 0.25) is 0 Å². The summed E-state index contributed by atoms with van der Waals surface area (Å²) in [6, 6.07) is 9.53. The Bertz CT molecular complexity index is 868. The smallest absolute Gasteiger partial charge is 0.254 e. The Morgan fingerprint density at radius 2 is 2.00 bits per heavy atom. The first-order chi connectivity index (χ1) is 13.4. The van der Waals surface area contributed by atoms with E-state index in [0.29, 0.717) is 12.1 Å². The van der Waals surface area contributed by atoms with Gasteiger partial charge in [-0.2, -0.15) is 0 Å². The minimum absolute atomic E-state index is 0.0738. The summed E-state index contributed by atoms with van der Waals surface area (Å²) >= 11 is 0. The number of aliphatic hydroxyl groups is 1. The number of fused-ring (bicyclic) bond motifs is 1. The van der Waals surface area contributed by atoms with Crippen molar-refractivity contribution in [2.45, 2.75) is 12.3 Å². The zero-order valence-corrected chi connectivity index (χ0v) is 16.8. The molecule has 1 aromatic heterocycles. The lowest BCUT2D eigenvalue weighted by molar-refractivity contribution is -0.129. The van der Waals surface area contributed by atoms with Crippen molar-refractivity contribution in [3.05, 3.63) is 41.6 Å². The summed E-state index contributed by atoms with van der Waals surface area (Å²) in [4.78, 5) is 35.0. The van der Waals surface area contributed by atoms with E-state index in [4.69, 9.17) is 4.98 Å².